The van der Waals surface area contributed by atoms with Crippen LogP contribution in [-0.4, -0.2) is 15.4 Å². The van der Waals surface area contributed by atoms with Crippen LogP contribution >= 0.6 is 15.9 Å². The number of amides is 1. The van der Waals surface area contributed by atoms with Gasteiger partial charge in [0.15, 0.2) is 0 Å². The van der Waals surface area contributed by atoms with Crippen molar-refractivity contribution in [1.82, 2.24) is 4.57 Å². The lowest BCUT2D eigenvalue weighted by atomic mass is 10.2. The number of nitrogens with zero attached hydrogens (tertiary/aromatic N) is 2. The number of carbonyl (C=O) groups excluding carboxylic acids is 1. The van der Waals surface area contributed by atoms with Crippen LogP contribution in [0.3, 0.4) is 0 Å². The highest BCUT2D eigenvalue weighted by molar-refractivity contribution is 9.10. The Labute approximate surface area is 127 Å². The topological polar surface area (TPSA) is 77.2 Å². The summed E-state index contributed by atoms with van der Waals surface area (Å²) in [7, 11) is 0. The Morgan fingerprint density at radius 3 is 2.76 bits per heavy atom. The molecule has 0 aliphatic rings. The molecule has 1 amide bonds. The van der Waals surface area contributed by atoms with Gasteiger partial charge in [-0.15, -0.1) is 0 Å². The lowest BCUT2D eigenvalue weighted by molar-refractivity contribution is -0.387. The van der Waals surface area contributed by atoms with Crippen LogP contribution in [0.2, 0.25) is 0 Å². The average Bonchev–Trinajstić information content (AvgIpc) is 2.79. The van der Waals surface area contributed by atoms with E-state index in [2.05, 4.69) is 21.2 Å². The number of nitro groups is 1. The highest BCUT2D eigenvalue weighted by Gasteiger charge is 2.16. The number of aromatic nitrogens is 1. The first-order chi connectivity index (χ1) is 9.92. The Hall–Kier alpha value is -2.22. The zero-order valence-electron chi connectivity index (χ0n) is 11.0. The van der Waals surface area contributed by atoms with Crippen molar-refractivity contribution in [3.63, 3.8) is 0 Å². The smallest absolute Gasteiger partial charge is 0.304 e. The molecule has 0 aliphatic carbocycles. The number of aryl methyl sites for hydroxylation is 1. The summed E-state index contributed by atoms with van der Waals surface area (Å²) in [5.74, 6) is -1.42. The van der Waals surface area contributed by atoms with Crippen LogP contribution in [0.25, 0.3) is 0 Å². The van der Waals surface area contributed by atoms with E-state index in [9.17, 15) is 19.3 Å². The zero-order chi connectivity index (χ0) is 15.6. The van der Waals surface area contributed by atoms with Gasteiger partial charge in [-0.2, -0.15) is 4.39 Å². The minimum atomic E-state index is -0.996. The SMILES string of the molecule is CCn1cc(Br)cc1C(=O)Nc1ccc([N+](=O)[O-])c(F)c1. The van der Waals surface area contributed by atoms with E-state index in [1.54, 1.807) is 16.8 Å². The van der Waals surface area contributed by atoms with Crippen molar-refractivity contribution in [2.45, 2.75) is 13.5 Å². The molecular weight excluding hydrogens is 345 g/mol. The van der Waals surface area contributed by atoms with Crippen molar-refractivity contribution in [2.75, 3.05) is 5.32 Å². The number of anilines is 1. The molecule has 2 aromatic rings. The van der Waals surface area contributed by atoms with E-state index in [-0.39, 0.29) is 5.69 Å². The second-order valence-corrected chi connectivity index (χ2v) is 5.12. The predicted molar refractivity (Wildman–Crippen MR) is 78.8 cm³/mol. The van der Waals surface area contributed by atoms with Gasteiger partial charge in [-0.1, -0.05) is 0 Å². The molecule has 2 rings (SSSR count). The van der Waals surface area contributed by atoms with Gasteiger partial charge in [0.1, 0.15) is 5.69 Å². The van der Waals surface area contributed by atoms with Gasteiger partial charge in [0.25, 0.3) is 5.91 Å². The molecule has 0 atom stereocenters. The average molecular weight is 356 g/mol. The number of carbonyl (C=O) groups is 1. The predicted octanol–water partition coefficient (Wildman–Crippen LogP) is 3.57. The molecule has 0 unspecified atom stereocenters. The second kappa shape index (κ2) is 6.04. The van der Waals surface area contributed by atoms with Crippen LogP contribution in [0, 0.1) is 15.9 Å². The largest absolute Gasteiger partial charge is 0.343 e. The number of halogens is 2. The third-order valence-corrected chi connectivity index (χ3v) is 3.27. The molecule has 110 valence electrons. The molecule has 1 aromatic heterocycles. The zero-order valence-corrected chi connectivity index (χ0v) is 12.6. The van der Waals surface area contributed by atoms with E-state index in [0.29, 0.717) is 12.2 Å². The molecule has 0 bridgehead atoms. The fourth-order valence-electron chi connectivity index (χ4n) is 1.85. The Morgan fingerprint density at radius 2 is 2.19 bits per heavy atom. The van der Waals surface area contributed by atoms with E-state index in [4.69, 9.17) is 0 Å². The molecule has 21 heavy (non-hydrogen) atoms. The normalized spacial score (nSPS) is 10.4. The first-order valence-corrected chi connectivity index (χ1v) is 6.82. The minimum absolute atomic E-state index is 0.156. The molecule has 0 spiro atoms. The first-order valence-electron chi connectivity index (χ1n) is 6.03. The maximum atomic E-state index is 13.5. The summed E-state index contributed by atoms with van der Waals surface area (Å²) in [4.78, 5) is 21.8. The molecule has 1 heterocycles. The second-order valence-electron chi connectivity index (χ2n) is 4.21. The highest BCUT2D eigenvalue weighted by Crippen LogP contribution is 2.22. The number of rotatable bonds is 4. The van der Waals surface area contributed by atoms with Crippen molar-refractivity contribution in [3.05, 3.63) is 56.6 Å². The molecule has 1 N–H and O–H groups in total. The van der Waals surface area contributed by atoms with Crippen molar-refractivity contribution in [2.24, 2.45) is 0 Å². The van der Waals surface area contributed by atoms with Gasteiger partial charge in [0.05, 0.1) is 4.92 Å². The maximum Gasteiger partial charge on any atom is 0.304 e. The van der Waals surface area contributed by atoms with Crippen LogP contribution in [0.4, 0.5) is 15.8 Å². The van der Waals surface area contributed by atoms with Crippen LogP contribution in [-0.2, 0) is 6.54 Å². The molecule has 6 nitrogen and oxygen atoms in total. The van der Waals surface area contributed by atoms with E-state index in [1.165, 1.54) is 6.07 Å². The molecule has 0 radical (unpaired) electrons. The summed E-state index contributed by atoms with van der Waals surface area (Å²) in [6.07, 6.45) is 1.76. The van der Waals surface area contributed by atoms with Crippen LogP contribution in [0.15, 0.2) is 34.9 Å². The van der Waals surface area contributed by atoms with Gasteiger partial charge in [-0.3, -0.25) is 14.9 Å². The molecule has 0 aliphatic heterocycles. The molecule has 0 saturated carbocycles. The standard InChI is InChI=1S/C13H11BrFN3O3/c1-2-17-7-8(14)5-12(17)13(19)16-9-3-4-11(18(20)21)10(15)6-9/h3-7H,2H2,1H3,(H,16,19). The Kier molecular flexibility index (Phi) is 4.37. The summed E-state index contributed by atoms with van der Waals surface area (Å²) in [5.41, 5.74) is -0.0705. The van der Waals surface area contributed by atoms with Crippen molar-refractivity contribution in [3.8, 4) is 0 Å². The van der Waals surface area contributed by atoms with Crippen molar-refractivity contribution < 1.29 is 14.1 Å². The third-order valence-electron chi connectivity index (χ3n) is 2.84. The van der Waals surface area contributed by atoms with Crippen LogP contribution in [0.1, 0.15) is 17.4 Å². The van der Waals surface area contributed by atoms with Gasteiger partial charge >= 0.3 is 5.69 Å². The maximum absolute atomic E-state index is 13.5. The Morgan fingerprint density at radius 1 is 1.48 bits per heavy atom. The van der Waals surface area contributed by atoms with Crippen molar-refractivity contribution in [1.29, 1.82) is 0 Å². The highest BCUT2D eigenvalue weighted by atomic mass is 79.9. The van der Waals surface area contributed by atoms with Crippen LogP contribution in [0.5, 0.6) is 0 Å². The van der Waals surface area contributed by atoms with Gasteiger partial charge in [-0.25, -0.2) is 0 Å². The van der Waals surface area contributed by atoms with Crippen LogP contribution < -0.4 is 5.32 Å². The molecule has 0 fully saturated rings. The van der Waals surface area contributed by atoms with E-state index in [1.807, 2.05) is 6.92 Å². The third kappa shape index (κ3) is 3.27. The van der Waals surface area contributed by atoms with E-state index < -0.39 is 22.3 Å². The number of hydrogen-bond donors (Lipinski definition) is 1. The fourth-order valence-corrected chi connectivity index (χ4v) is 2.32. The summed E-state index contributed by atoms with van der Waals surface area (Å²) < 4.78 is 16.0. The van der Waals surface area contributed by atoms with Gasteiger partial charge in [0, 0.05) is 35.0 Å². The monoisotopic (exact) mass is 355 g/mol. The summed E-state index contributed by atoms with van der Waals surface area (Å²) in [6.45, 7) is 2.48. The number of benzene rings is 1. The molecular formula is C13H11BrFN3O3. The first kappa shape index (κ1) is 15.2. The van der Waals surface area contributed by atoms with Gasteiger partial charge in [-0.05, 0) is 35.0 Å². The Balaban J connectivity index is 2.23. The summed E-state index contributed by atoms with van der Waals surface area (Å²) in [5, 5.41) is 13.0. The summed E-state index contributed by atoms with van der Waals surface area (Å²) >= 11 is 3.28. The van der Waals surface area contributed by atoms with Crippen molar-refractivity contribution >= 4 is 33.2 Å². The van der Waals surface area contributed by atoms with Gasteiger partial charge < -0.3 is 9.88 Å². The van der Waals surface area contributed by atoms with E-state index in [0.717, 1.165) is 16.6 Å². The Bertz CT molecular complexity index is 715. The molecule has 0 saturated heterocycles. The number of nitrogens with one attached hydrogen (secondary N) is 1. The van der Waals surface area contributed by atoms with E-state index >= 15 is 0 Å². The minimum Gasteiger partial charge on any atom is -0.343 e. The molecule has 8 heteroatoms. The fraction of sp³-hybridized carbons (Fsp3) is 0.154. The lowest BCUT2D eigenvalue weighted by Gasteiger charge is -2.07. The molecule has 1 aromatic carbocycles. The number of nitro benzene ring substituents is 1. The number of hydrogen-bond acceptors (Lipinski definition) is 3. The summed E-state index contributed by atoms with van der Waals surface area (Å²) in [6, 6.07) is 4.86. The quantitative estimate of drug-likeness (QED) is 0.672. The van der Waals surface area contributed by atoms with Gasteiger partial charge in [0.2, 0.25) is 5.82 Å². The lowest BCUT2D eigenvalue weighted by Crippen LogP contribution is -2.16.